The Kier molecular flexibility index (Phi) is 3.83. The number of nitrogens with one attached hydrogen (secondary N) is 1. The van der Waals surface area contributed by atoms with Crippen molar-refractivity contribution in [2.45, 2.75) is 20.4 Å². The molecule has 17 heavy (non-hydrogen) atoms. The van der Waals surface area contributed by atoms with E-state index in [2.05, 4.69) is 35.2 Å². The maximum absolute atomic E-state index is 4.29. The molecule has 2 rings (SSSR count). The quantitative estimate of drug-likeness (QED) is 0.872. The van der Waals surface area contributed by atoms with E-state index in [1.54, 1.807) is 0 Å². The molecule has 0 saturated heterocycles. The molecule has 1 N–H and O–H groups in total. The minimum absolute atomic E-state index is 0.858. The smallest absolute Gasteiger partial charge is 0.0349 e. The summed E-state index contributed by atoms with van der Waals surface area (Å²) in [5, 5.41) is 3.30. The highest BCUT2D eigenvalue weighted by Crippen LogP contribution is 2.21. The van der Waals surface area contributed by atoms with E-state index >= 15 is 0 Å². The molecule has 0 spiro atoms. The molecule has 0 aromatic carbocycles. The van der Waals surface area contributed by atoms with Crippen LogP contribution in [0.2, 0.25) is 0 Å². The topological polar surface area (TPSA) is 37.8 Å². The second-order valence-corrected chi connectivity index (χ2v) is 4.05. The van der Waals surface area contributed by atoms with Crippen LogP contribution < -0.4 is 5.32 Å². The number of pyridine rings is 2. The van der Waals surface area contributed by atoms with Crippen LogP contribution in [0.1, 0.15) is 18.1 Å². The molecule has 0 fully saturated rings. The molecule has 0 aliphatic rings. The van der Waals surface area contributed by atoms with Crippen molar-refractivity contribution >= 4 is 0 Å². The van der Waals surface area contributed by atoms with E-state index in [4.69, 9.17) is 0 Å². The number of aromatic nitrogens is 2. The van der Waals surface area contributed by atoms with Crippen LogP contribution in [0.25, 0.3) is 11.1 Å². The number of hydrogen-bond donors (Lipinski definition) is 1. The fourth-order valence-corrected chi connectivity index (χ4v) is 1.77. The van der Waals surface area contributed by atoms with Crippen molar-refractivity contribution < 1.29 is 0 Å². The van der Waals surface area contributed by atoms with E-state index in [1.807, 2.05) is 30.9 Å². The Morgan fingerprint density at radius 3 is 2.82 bits per heavy atom. The van der Waals surface area contributed by atoms with Gasteiger partial charge >= 0.3 is 0 Å². The summed E-state index contributed by atoms with van der Waals surface area (Å²) < 4.78 is 0. The van der Waals surface area contributed by atoms with E-state index in [0.29, 0.717) is 0 Å². The Bertz CT molecular complexity index is 494. The van der Waals surface area contributed by atoms with Gasteiger partial charge in [-0.05, 0) is 36.7 Å². The summed E-state index contributed by atoms with van der Waals surface area (Å²) in [6.45, 7) is 6.02. The van der Waals surface area contributed by atoms with Crippen molar-refractivity contribution in [2.24, 2.45) is 0 Å². The number of rotatable bonds is 4. The molecular weight excluding hydrogens is 210 g/mol. The van der Waals surface area contributed by atoms with Gasteiger partial charge in [0.1, 0.15) is 0 Å². The van der Waals surface area contributed by atoms with E-state index in [1.165, 1.54) is 11.1 Å². The first-order valence-electron chi connectivity index (χ1n) is 5.87. The second-order valence-electron chi connectivity index (χ2n) is 4.05. The van der Waals surface area contributed by atoms with E-state index in [-0.39, 0.29) is 0 Å². The first-order valence-corrected chi connectivity index (χ1v) is 5.87. The molecule has 0 radical (unpaired) electrons. The third kappa shape index (κ3) is 2.88. The van der Waals surface area contributed by atoms with E-state index in [9.17, 15) is 0 Å². The largest absolute Gasteiger partial charge is 0.313 e. The molecule has 88 valence electrons. The third-order valence-electron chi connectivity index (χ3n) is 2.72. The number of aryl methyl sites for hydroxylation is 1. The van der Waals surface area contributed by atoms with Gasteiger partial charge in [0, 0.05) is 42.5 Å². The van der Waals surface area contributed by atoms with Crippen LogP contribution in [0.5, 0.6) is 0 Å². The fourth-order valence-electron chi connectivity index (χ4n) is 1.77. The van der Waals surface area contributed by atoms with Gasteiger partial charge in [0.25, 0.3) is 0 Å². The first kappa shape index (κ1) is 11.7. The molecule has 0 aliphatic heterocycles. The van der Waals surface area contributed by atoms with Crippen LogP contribution in [0, 0.1) is 6.92 Å². The third-order valence-corrected chi connectivity index (χ3v) is 2.72. The predicted octanol–water partition coefficient (Wildman–Crippen LogP) is 2.56. The van der Waals surface area contributed by atoms with Gasteiger partial charge in [-0.1, -0.05) is 6.92 Å². The highest BCUT2D eigenvalue weighted by Gasteiger charge is 2.03. The van der Waals surface area contributed by atoms with Gasteiger partial charge in [-0.15, -0.1) is 0 Å². The summed E-state index contributed by atoms with van der Waals surface area (Å²) in [5.74, 6) is 0. The van der Waals surface area contributed by atoms with Crippen LogP contribution in [-0.4, -0.2) is 16.5 Å². The normalized spacial score (nSPS) is 10.5. The predicted molar refractivity (Wildman–Crippen MR) is 69.6 cm³/mol. The molecule has 0 saturated carbocycles. The summed E-state index contributed by atoms with van der Waals surface area (Å²) in [5.41, 5.74) is 4.71. The lowest BCUT2D eigenvalue weighted by atomic mass is 10.0. The van der Waals surface area contributed by atoms with Crippen molar-refractivity contribution in [3.05, 3.63) is 48.0 Å². The maximum Gasteiger partial charge on any atom is 0.0349 e. The molecule has 0 atom stereocenters. The van der Waals surface area contributed by atoms with Crippen LogP contribution in [-0.2, 0) is 6.54 Å². The average Bonchev–Trinajstić information content (AvgIpc) is 2.37. The first-order chi connectivity index (χ1) is 8.31. The Morgan fingerprint density at radius 1 is 1.18 bits per heavy atom. The maximum atomic E-state index is 4.29. The minimum atomic E-state index is 0.858. The van der Waals surface area contributed by atoms with Gasteiger partial charge in [0.15, 0.2) is 0 Å². The van der Waals surface area contributed by atoms with Crippen molar-refractivity contribution in [3.63, 3.8) is 0 Å². The Balaban J connectivity index is 2.30. The molecule has 2 heterocycles. The summed E-state index contributed by atoms with van der Waals surface area (Å²) in [4.78, 5) is 8.46. The molecule has 2 aromatic rings. The van der Waals surface area contributed by atoms with Gasteiger partial charge in [-0.25, -0.2) is 0 Å². The van der Waals surface area contributed by atoms with Crippen molar-refractivity contribution in [1.82, 2.24) is 15.3 Å². The van der Waals surface area contributed by atoms with E-state index in [0.717, 1.165) is 24.2 Å². The Labute approximate surface area is 102 Å². The average molecular weight is 227 g/mol. The van der Waals surface area contributed by atoms with Gasteiger partial charge in [-0.2, -0.15) is 0 Å². The highest BCUT2D eigenvalue weighted by atomic mass is 14.8. The molecule has 2 aromatic heterocycles. The van der Waals surface area contributed by atoms with Crippen LogP contribution in [0.4, 0.5) is 0 Å². The molecule has 0 unspecified atom stereocenters. The van der Waals surface area contributed by atoms with Gasteiger partial charge in [0.2, 0.25) is 0 Å². The van der Waals surface area contributed by atoms with Gasteiger partial charge in [0.05, 0.1) is 0 Å². The van der Waals surface area contributed by atoms with Crippen molar-refractivity contribution in [2.75, 3.05) is 6.54 Å². The summed E-state index contributed by atoms with van der Waals surface area (Å²) in [6, 6.07) is 4.19. The fraction of sp³-hybridized carbons (Fsp3) is 0.286. The monoisotopic (exact) mass is 227 g/mol. The molecule has 3 heteroatoms. The zero-order valence-electron chi connectivity index (χ0n) is 10.3. The lowest BCUT2D eigenvalue weighted by Crippen LogP contribution is -2.11. The molecule has 0 bridgehead atoms. The van der Waals surface area contributed by atoms with Crippen LogP contribution >= 0.6 is 0 Å². The molecular formula is C14H17N3. The Morgan fingerprint density at radius 2 is 2.06 bits per heavy atom. The molecule has 3 nitrogen and oxygen atoms in total. The minimum Gasteiger partial charge on any atom is -0.313 e. The summed E-state index contributed by atoms with van der Waals surface area (Å²) in [6.07, 6.45) is 7.50. The van der Waals surface area contributed by atoms with E-state index < -0.39 is 0 Å². The summed E-state index contributed by atoms with van der Waals surface area (Å²) >= 11 is 0. The molecule has 0 aliphatic carbocycles. The van der Waals surface area contributed by atoms with Crippen molar-refractivity contribution in [1.29, 1.82) is 0 Å². The zero-order valence-corrected chi connectivity index (χ0v) is 10.3. The van der Waals surface area contributed by atoms with Gasteiger partial charge < -0.3 is 5.32 Å². The number of nitrogens with zero attached hydrogens (tertiary/aromatic N) is 2. The second kappa shape index (κ2) is 5.55. The van der Waals surface area contributed by atoms with Gasteiger partial charge in [-0.3, -0.25) is 9.97 Å². The Hall–Kier alpha value is -1.74. The lowest BCUT2D eigenvalue weighted by Gasteiger charge is -2.07. The summed E-state index contributed by atoms with van der Waals surface area (Å²) in [7, 11) is 0. The van der Waals surface area contributed by atoms with Crippen LogP contribution in [0.15, 0.2) is 36.9 Å². The molecule has 0 amide bonds. The number of hydrogen-bond acceptors (Lipinski definition) is 3. The zero-order chi connectivity index (χ0) is 12.1. The lowest BCUT2D eigenvalue weighted by molar-refractivity contribution is 0.724. The standard InChI is InChI=1S/C14H17N3/c1-3-15-7-12-6-13(9-17-8-12)14-10-16-5-4-11(14)2/h4-6,8-10,15H,3,7H2,1-2H3. The van der Waals surface area contributed by atoms with Crippen LogP contribution in [0.3, 0.4) is 0 Å². The highest BCUT2D eigenvalue weighted by molar-refractivity contribution is 5.65. The van der Waals surface area contributed by atoms with Crippen molar-refractivity contribution in [3.8, 4) is 11.1 Å². The SMILES string of the molecule is CCNCc1cncc(-c2cnccc2C)c1.